The van der Waals surface area contributed by atoms with Gasteiger partial charge in [-0.2, -0.15) is 5.26 Å². The molecular weight excluding hydrogens is 280 g/mol. The Balaban J connectivity index is 2.16. The van der Waals surface area contributed by atoms with E-state index >= 15 is 0 Å². The average Bonchev–Trinajstić information content (AvgIpc) is 2.38. The van der Waals surface area contributed by atoms with E-state index in [4.69, 9.17) is 5.26 Å². The zero-order chi connectivity index (χ0) is 12.3. The van der Waals surface area contributed by atoms with Gasteiger partial charge in [-0.05, 0) is 31.0 Å². The van der Waals surface area contributed by atoms with Crippen LogP contribution in [0.25, 0.3) is 0 Å². The van der Waals surface area contributed by atoms with Crippen molar-refractivity contribution in [1.82, 2.24) is 4.90 Å². The number of carbonyl (C=O) groups is 1. The second kappa shape index (κ2) is 5.33. The summed E-state index contributed by atoms with van der Waals surface area (Å²) in [6, 6.07) is 8.93. The standard InChI is InChI=1S/C13H13BrN2O/c14-12-5-2-6-16(9-12)13(17)11-4-1-3-10(7-11)8-15/h1,3-4,7,12H,2,5-6,9H2. The molecule has 1 atom stereocenters. The van der Waals surface area contributed by atoms with Crippen LogP contribution in [-0.2, 0) is 0 Å². The predicted octanol–water partition coefficient (Wildman–Crippen LogP) is 2.56. The van der Waals surface area contributed by atoms with Crippen molar-refractivity contribution in [2.24, 2.45) is 0 Å². The largest absolute Gasteiger partial charge is 0.338 e. The molecule has 1 heterocycles. The number of likely N-dealkylation sites (tertiary alicyclic amines) is 1. The minimum Gasteiger partial charge on any atom is -0.338 e. The molecule has 1 fully saturated rings. The smallest absolute Gasteiger partial charge is 0.253 e. The molecule has 0 aliphatic carbocycles. The first-order chi connectivity index (χ1) is 8.20. The molecular formula is C13H13BrN2O. The maximum absolute atomic E-state index is 12.2. The third kappa shape index (κ3) is 2.86. The predicted molar refractivity (Wildman–Crippen MR) is 69.0 cm³/mol. The van der Waals surface area contributed by atoms with Gasteiger partial charge in [0.05, 0.1) is 11.6 Å². The Labute approximate surface area is 109 Å². The van der Waals surface area contributed by atoms with Crippen molar-refractivity contribution in [2.75, 3.05) is 13.1 Å². The summed E-state index contributed by atoms with van der Waals surface area (Å²) in [4.78, 5) is 14.4. The molecule has 0 N–H and O–H groups in total. The average molecular weight is 293 g/mol. The van der Waals surface area contributed by atoms with E-state index in [0.29, 0.717) is 16.0 Å². The second-order valence-corrected chi connectivity index (χ2v) is 5.48. The highest BCUT2D eigenvalue weighted by atomic mass is 79.9. The monoisotopic (exact) mass is 292 g/mol. The molecule has 0 saturated carbocycles. The lowest BCUT2D eigenvalue weighted by Crippen LogP contribution is -2.40. The van der Waals surface area contributed by atoms with Crippen LogP contribution in [0.5, 0.6) is 0 Å². The summed E-state index contributed by atoms with van der Waals surface area (Å²) in [6.45, 7) is 1.55. The van der Waals surface area contributed by atoms with Crippen LogP contribution < -0.4 is 0 Å². The fourth-order valence-corrected chi connectivity index (χ4v) is 2.69. The fourth-order valence-electron chi connectivity index (χ4n) is 2.01. The minimum absolute atomic E-state index is 0.0197. The number of hydrogen-bond acceptors (Lipinski definition) is 2. The molecule has 1 unspecified atom stereocenters. The molecule has 0 bridgehead atoms. The van der Waals surface area contributed by atoms with E-state index in [9.17, 15) is 4.79 Å². The summed E-state index contributed by atoms with van der Waals surface area (Å²) >= 11 is 3.55. The Morgan fingerprint density at radius 2 is 2.35 bits per heavy atom. The lowest BCUT2D eigenvalue weighted by atomic mass is 10.1. The van der Waals surface area contributed by atoms with E-state index < -0.39 is 0 Å². The number of piperidine rings is 1. The Morgan fingerprint density at radius 1 is 1.53 bits per heavy atom. The van der Waals surface area contributed by atoms with E-state index in [1.807, 2.05) is 4.90 Å². The van der Waals surface area contributed by atoms with E-state index in [0.717, 1.165) is 25.9 Å². The number of nitriles is 1. The van der Waals surface area contributed by atoms with Crippen LogP contribution in [0.2, 0.25) is 0 Å². The number of alkyl halides is 1. The summed E-state index contributed by atoms with van der Waals surface area (Å²) in [5, 5.41) is 8.81. The molecule has 1 saturated heterocycles. The molecule has 1 aliphatic rings. The van der Waals surface area contributed by atoms with E-state index in [1.54, 1.807) is 24.3 Å². The molecule has 1 amide bonds. The fraction of sp³-hybridized carbons (Fsp3) is 0.385. The van der Waals surface area contributed by atoms with Gasteiger partial charge in [0.25, 0.3) is 5.91 Å². The lowest BCUT2D eigenvalue weighted by molar-refractivity contribution is 0.0730. The molecule has 1 aliphatic heterocycles. The van der Waals surface area contributed by atoms with Gasteiger partial charge in [-0.3, -0.25) is 4.79 Å². The van der Waals surface area contributed by atoms with Crippen LogP contribution in [-0.4, -0.2) is 28.7 Å². The SMILES string of the molecule is N#Cc1cccc(C(=O)N2CCCC(Br)C2)c1. The zero-order valence-electron chi connectivity index (χ0n) is 9.40. The van der Waals surface area contributed by atoms with Crippen LogP contribution in [0, 0.1) is 11.3 Å². The summed E-state index contributed by atoms with van der Waals surface area (Å²) in [7, 11) is 0. The van der Waals surface area contributed by atoms with Gasteiger partial charge in [0.15, 0.2) is 0 Å². The second-order valence-electron chi connectivity index (χ2n) is 4.18. The third-order valence-electron chi connectivity index (χ3n) is 2.89. The molecule has 0 spiro atoms. The van der Waals surface area contributed by atoms with Crippen molar-refractivity contribution in [3.63, 3.8) is 0 Å². The number of benzene rings is 1. The number of halogens is 1. The molecule has 2 rings (SSSR count). The number of nitrogens with zero attached hydrogens (tertiary/aromatic N) is 2. The van der Waals surface area contributed by atoms with Gasteiger partial charge < -0.3 is 4.90 Å². The number of carbonyl (C=O) groups excluding carboxylic acids is 1. The minimum atomic E-state index is 0.0197. The zero-order valence-corrected chi connectivity index (χ0v) is 11.0. The first kappa shape index (κ1) is 12.1. The van der Waals surface area contributed by atoms with Crippen molar-refractivity contribution >= 4 is 21.8 Å². The third-order valence-corrected chi connectivity index (χ3v) is 3.64. The van der Waals surface area contributed by atoms with Crippen molar-refractivity contribution < 1.29 is 4.79 Å². The van der Waals surface area contributed by atoms with Gasteiger partial charge in [-0.1, -0.05) is 22.0 Å². The van der Waals surface area contributed by atoms with Gasteiger partial charge in [-0.25, -0.2) is 0 Å². The first-order valence-corrected chi connectivity index (χ1v) is 6.56. The number of amides is 1. The number of rotatable bonds is 1. The highest BCUT2D eigenvalue weighted by Crippen LogP contribution is 2.19. The quantitative estimate of drug-likeness (QED) is 0.747. The van der Waals surface area contributed by atoms with Crippen molar-refractivity contribution in [1.29, 1.82) is 5.26 Å². The highest BCUT2D eigenvalue weighted by Gasteiger charge is 2.22. The van der Waals surface area contributed by atoms with Crippen molar-refractivity contribution in [3.8, 4) is 6.07 Å². The maximum atomic E-state index is 12.2. The van der Waals surface area contributed by atoms with Crippen LogP contribution >= 0.6 is 15.9 Å². The molecule has 1 aromatic rings. The summed E-state index contributed by atoms with van der Waals surface area (Å²) in [5.74, 6) is 0.0197. The van der Waals surface area contributed by atoms with Crippen LogP contribution in [0.1, 0.15) is 28.8 Å². The summed E-state index contributed by atoms with van der Waals surface area (Å²) in [5.41, 5.74) is 1.13. The Bertz CT molecular complexity index is 467. The van der Waals surface area contributed by atoms with Crippen molar-refractivity contribution in [2.45, 2.75) is 17.7 Å². The van der Waals surface area contributed by atoms with Crippen LogP contribution in [0.3, 0.4) is 0 Å². The first-order valence-electron chi connectivity index (χ1n) is 5.64. The van der Waals surface area contributed by atoms with Gasteiger partial charge in [0.2, 0.25) is 0 Å². The van der Waals surface area contributed by atoms with Gasteiger partial charge >= 0.3 is 0 Å². The Morgan fingerprint density at radius 3 is 3.06 bits per heavy atom. The molecule has 4 heteroatoms. The topological polar surface area (TPSA) is 44.1 Å². The van der Waals surface area contributed by atoms with E-state index in [2.05, 4.69) is 22.0 Å². The maximum Gasteiger partial charge on any atom is 0.253 e. The highest BCUT2D eigenvalue weighted by molar-refractivity contribution is 9.09. The molecule has 1 aromatic carbocycles. The Kier molecular flexibility index (Phi) is 3.80. The normalized spacial score (nSPS) is 19.8. The molecule has 0 radical (unpaired) electrons. The van der Waals surface area contributed by atoms with Crippen LogP contribution in [0.4, 0.5) is 0 Å². The summed E-state index contributed by atoms with van der Waals surface area (Å²) < 4.78 is 0. The van der Waals surface area contributed by atoms with E-state index in [-0.39, 0.29) is 5.91 Å². The van der Waals surface area contributed by atoms with Crippen LogP contribution in [0.15, 0.2) is 24.3 Å². The Hall–Kier alpha value is -1.34. The molecule has 17 heavy (non-hydrogen) atoms. The van der Waals surface area contributed by atoms with Gasteiger partial charge in [0.1, 0.15) is 0 Å². The summed E-state index contributed by atoms with van der Waals surface area (Å²) in [6.07, 6.45) is 2.14. The molecule has 0 aromatic heterocycles. The lowest BCUT2D eigenvalue weighted by Gasteiger charge is -2.30. The number of hydrogen-bond donors (Lipinski definition) is 0. The van der Waals surface area contributed by atoms with E-state index in [1.165, 1.54) is 0 Å². The van der Waals surface area contributed by atoms with Gasteiger partial charge in [-0.15, -0.1) is 0 Å². The molecule has 88 valence electrons. The molecule has 3 nitrogen and oxygen atoms in total. The van der Waals surface area contributed by atoms with Gasteiger partial charge in [0, 0.05) is 23.5 Å². The van der Waals surface area contributed by atoms with Crippen molar-refractivity contribution in [3.05, 3.63) is 35.4 Å².